The van der Waals surface area contributed by atoms with Crippen LogP contribution in [0.15, 0.2) is 52.4 Å². The largest absolute Gasteiger partial charge is 0.465 e. The van der Waals surface area contributed by atoms with Gasteiger partial charge in [0.2, 0.25) is 0 Å². The molecular weight excluding hydrogens is 410 g/mol. The molecule has 1 saturated carbocycles. The maximum Gasteiger partial charge on any atom is 0.412 e. The van der Waals surface area contributed by atoms with Crippen molar-refractivity contribution in [2.75, 3.05) is 4.90 Å². The average Bonchev–Trinajstić information content (AvgIpc) is 3.53. The Morgan fingerprint density at radius 1 is 1.29 bits per heavy atom. The summed E-state index contributed by atoms with van der Waals surface area (Å²) < 4.78 is 5.43. The molecule has 0 radical (unpaired) electrons. The Balaban J connectivity index is 1.45. The summed E-state index contributed by atoms with van der Waals surface area (Å²) in [6.45, 7) is 2.99. The second-order valence-electron chi connectivity index (χ2n) is 8.33. The number of rotatable bonds is 9. The Labute approximate surface area is 186 Å². The van der Waals surface area contributed by atoms with Gasteiger partial charge in [-0.2, -0.15) is 0 Å². The minimum absolute atomic E-state index is 0.138. The van der Waals surface area contributed by atoms with Gasteiger partial charge in [0.05, 0.1) is 17.1 Å². The third kappa shape index (κ3) is 5.54. The summed E-state index contributed by atoms with van der Waals surface area (Å²) in [5.74, 6) is 1.48. The van der Waals surface area contributed by atoms with Gasteiger partial charge in [0.15, 0.2) is 5.76 Å². The van der Waals surface area contributed by atoms with Crippen LogP contribution in [0.1, 0.15) is 50.3 Å². The molecule has 1 aromatic carbocycles. The average molecular weight is 440 g/mol. The van der Waals surface area contributed by atoms with Crippen LogP contribution in [0.25, 0.3) is 10.6 Å². The monoisotopic (exact) mass is 439 g/mol. The van der Waals surface area contributed by atoms with Gasteiger partial charge in [-0.15, -0.1) is 11.3 Å². The van der Waals surface area contributed by atoms with Crippen molar-refractivity contribution < 1.29 is 14.4 Å². The molecule has 4 rings (SSSR count). The first kappa shape index (κ1) is 21.6. The summed E-state index contributed by atoms with van der Waals surface area (Å²) in [7, 11) is 0. The lowest BCUT2D eigenvalue weighted by molar-refractivity contribution is 0.201. The normalized spacial score (nSPS) is 15.3. The van der Waals surface area contributed by atoms with E-state index in [2.05, 4.69) is 17.4 Å². The van der Waals surface area contributed by atoms with Crippen LogP contribution in [0.5, 0.6) is 0 Å². The maximum atomic E-state index is 12.1. The van der Waals surface area contributed by atoms with E-state index in [1.54, 1.807) is 11.3 Å². The second-order valence-corrected chi connectivity index (χ2v) is 9.27. The van der Waals surface area contributed by atoms with Crippen molar-refractivity contribution in [2.45, 2.75) is 58.2 Å². The van der Waals surface area contributed by atoms with Gasteiger partial charge in [-0.3, -0.25) is 4.90 Å². The van der Waals surface area contributed by atoms with Crippen LogP contribution in [0.2, 0.25) is 0 Å². The van der Waals surface area contributed by atoms with Crippen molar-refractivity contribution in [2.24, 2.45) is 5.92 Å². The lowest BCUT2D eigenvalue weighted by Gasteiger charge is -2.23. The highest BCUT2D eigenvalue weighted by atomic mass is 32.1. The number of nitrogens with one attached hydrogen (secondary N) is 1. The van der Waals surface area contributed by atoms with Crippen molar-refractivity contribution in [1.82, 2.24) is 10.5 Å². The number of amides is 1. The number of para-hydroxylation sites is 1. The fourth-order valence-corrected chi connectivity index (χ4v) is 5.05. The topological polar surface area (TPSA) is 78.6 Å². The molecule has 1 amide bonds. The Kier molecular flexibility index (Phi) is 7.04. The molecule has 164 valence electrons. The third-order valence-electron chi connectivity index (χ3n) is 5.96. The van der Waals surface area contributed by atoms with Gasteiger partial charge in [0.25, 0.3) is 0 Å². The molecule has 3 aromatic rings. The zero-order chi connectivity index (χ0) is 21.6. The van der Waals surface area contributed by atoms with E-state index in [9.17, 15) is 9.90 Å². The number of benzene rings is 1. The van der Waals surface area contributed by atoms with Crippen molar-refractivity contribution in [3.8, 4) is 10.6 Å². The van der Waals surface area contributed by atoms with Gasteiger partial charge in [0, 0.05) is 18.7 Å². The zero-order valence-electron chi connectivity index (χ0n) is 17.8. The van der Waals surface area contributed by atoms with E-state index in [4.69, 9.17) is 4.52 Å². The highest BCUT2D eigenvalue weighted by Gasteiger charge is 2.21. The summed E-state index contributed by atoms with van der Waals surface area (Å²) in [6.07, 6.45) is 5.54. The maximum absolute atomic E-state index is 12.1. The first-order valence-electron chi connectivity index (χ1n) is 10.9. The number of aromatic nitrogens is 1. The first-order valence-corrected chi connectivity index (χ1v) is 11.8. The van der Waals surface area contributed by atoms with Crippen LogP contribution in [-0.4, -0.2) is 22.4 Å². The van der Waals surface area contributed by atoms with E-state index in [1.165, 1.54) is 37.0 Å². The van der Waals surface area contributed by atoms with Crippen molar-refractivity contribution in [3.63, 3.8) is 0 Å². The van der Waals surface area contributed by atoms with Crippen LogP contribution in [0.4, 0.5) is 10.5 Å². The summed E-state index contributed by atoms with van der Waals surface area (Å²) >= 11 is 1.56. The predicted octanol–water partition coefficient (Wildman–Crippen LogP) is 6.15. The summed E-state index contributed by atoms with van der Waals surface area (Å²) in [4.78, 5) is 14.4. The molecule has 0 unspecified atom stereocenters. The molecule has 0 saturated heterocycles. The van der Waals surface area contributed by atoms with E-state index < -0.39 is 6.09 Å². The zero-order valence-corrected chi connectivity index (χ0v) is 18.6. The number of carbonyl (C=O) groups is 1. The molecule has 0 spiro atoms. The Hall–Kier alpha value is -2.64. The SMILES string of the molecule is C[C@@H](CC1CCCC1)NCc1ccccc1N(Cc1cc(-c2cccs2)on1)C(=O)O. The van der Waals surface area contributed by atoms with E-state index in [-0.39, 0.29) is 6.54 Å². The number of anilines is 1. The van der Waals surface area contributed by atoms with Gasteiger partial charge in [-0.25, -0.2) is 4.79 Å². The molecule has 1 aliphatic rings. The molecule has 1 aliphatic carbocycles. The van der Waals surface area contributed by atoms with Crippen molar-refractivity contribution in [1.29, 1.82) is 0 Å². The molecule has 1 fully saturated rings. The number of hydrogen-bond acceptors (Lipinski definition) is 5. The van der Waals surface area contributed by atoms with Crippen LogP contribution < -0.4 is 10.2 Å². The minimum Gasteiger partial charge on any atom is -0.465 e. The van der Waals surface area contributed by atoms with Crippen LogP contribution >= 0.6 is 11.3 Å². The predicted molar refractivity (Wildman–Crippen MR) is 123 cm³/mol. The molecular formula is C24H29N3O3S. The molecule has 0 bridgehead atoms. The number of thiophene rings is 1. The number of nitrogens with zero attached hydrogens (tertiary/aromatic N) is 2. The lowest BCUT2D eigenvalue weighted by atomic mass is 9.99. The highest BCUT2D eigenvalue weighted by Crippen LogP contribution is 2.29. The molecule has 1 atom stereocenters. The third-order valence-corrected chi connectivity index (χ3v) is 6.84. The summed E-state index contributed by atoms with van der Waals surface area (Å²) in [6, 6.07) is 13.8. The van der Waals surface area contributed by atoms with Gasteiger partial charge >= 0.3 is 6.09 Å². The minimum atomic E-state index is -1.01. The van der Waals surface area contributed by atoms with Crippen LogP contribution in [0, 0.1) is 5.92 Å². The second kappa shape index (κ2) is 10.1. The fourth-order valence-electron chi connectivity index (χ4n) is 4.38. The molecule has 2 aromatic heterocycles. The van der Waals surface area contributed by atoms with Gasteiger partial charge < -0.3 is 14.9 Å². The van der Waals surface area contributed by atoms with Gasteiger partial charge in [-0.05, 0) is 42.3 Å². The quantitative estimate of drug-likeness (QED) is 0.418. The summed E-state index contributed by atoms with van der Waals surface area (Å²) in [5, 5.41) is 19.6. The smallest absolute Gasteiger partial charge is 0.412 e. The molecule has 2 heterocycles. The fraction of sp³-hybridized carbons (Fsp3) is 0.417. The summed E-state index contributed by atoms with van der Waals surface area (Å²) in [5.41, 5.74) is 2.23. The molecule has 0 aliphatic heterocycles. The molecule has 6 nitrogen and oxygen atoms in total. The molecule has 7 heteroatoms. The van der Waals surface area contributed by atoms with E-state index in [0.717, 1.165) is 16.4 Å². The van der Waals surface area contributed by atoms with Crippen molar-refractivity contribution >= 4 is 23.1 Å². The molecule has 31 heavy (non-hydrogen) atoms. The van der Waals surface area contributed by atoms with E-state index in [1.807, 2.05) is 47.8 Å². The Bertz CT molecular complexity index is 980. The lowest BCUT2D eigenvalue weighted by Crippen LogP contribution is -2.32. The van der Waals surface area contributed by atoms with Gasteiger partial charge in [-0.1, -0.05) is 55.1 Å². The van der Waals surface area contributed by atoms with E-state index >= 15 is 0 Å². The van der Waals surface area contributed by atoms with Crippen LogP contribution in [0.3, 0.4) is 0 Å². The standard InChI is InChI=1S/C24H29N3O3S/c1-17(13-18-7-2-3-8-18)25-15-19-9-4-5-10-21(19)27(24(28)29)16-20-14-22(30-26-20)23-11-6-12-31-23/h4-6,9-12,14,17-18,25H,2-3,7-8,13,15-16H2,1H3,(H,28,29)/t17-/m0/s1. The Morgan fingerprint density at radius 2 is 2.10 bits per heavy atom. The van der Waals surface area contributed by atoms with Crippen molar-refractivity contribution in [3.05, 3.63) is 59.1 Å². The van der Waals surface area contributed by atoms with E-state index in [0.29, 0.717) is 29.7 Å². The highest BCUT2D eigenvalue weighted by molar-refractivity contribution is 7.13. The number of hydrogen-bond donors (Lipinski definition) is 2. The van der Waals surface area contributed by atoms with Crippen LogP contribution in [-0.2, 0) is 13.1 Å². The molecule has 2 N–H and O–H groups in total. The Morgan fingerprint density at radius 3 is 2.84 bits per heavy atom. The van der Waals surface area contributed by atoms with Gasteiger partial charge in [0.1, 0.15) is 5.69 Å². The number of carboxylic acid groups (broad SMARTS) is 1. The first-order chi connectivity index (χ1) is 15.1.